The number of ether oxygens (including phenoxy) is 1. The summed E-state index contributed by atoms with van der Waals surface area (Å²) in [6, 6.07) is 4.32. The number of carboxylic acid groups (broad SMARTS) is 1. The second-order valence-corrected chi connectivity index (χ2v) is 7.70. The van der Waals surface area contributed by atoms with Crippen LogP contribution in [0.3, 0.4) is 0 Å². The largest absolute Gasteiger partial charge is 0.491 e. The summed E-state index contributed by atoms with van der Waals surface area (Å²) in [6.45, 7) is -0.289. The minimum atomic E-state index is -4.50. The molecule has 1 fully saturated rings. The fourth-order valence-corrected chi connectivity index (χ4v) is 3.52. The van der Waals surface area contributed by atoms with Crippen LogP contribution in [0.25, 0.3) is 0 Å². The summed E-state index contributed by atoms with van der Waals surface area (Å²) in [5.41, 5.74) is -0.855. The average Bonchev–Trinajstić information content (AvgIpc) is 2.99. The molecule has 9 heteroatoms. The van der Waals surface area contributed by atoms with E-state index in [1.807, 2.05) is 0 Å². The summed E-state index contributed by atoms with van der Waals surface area (Å²) < 4.78 is 43.5. The lowest BCUT2D eigenvalue weighted by Crippen LogP contribution is -2.20. The van der Waals surface area contributed by atoms with Crippen LogP contribution in [0.15, 0.2) is 48.6 Å². The molecule has 4 atom stereocenters. The molecule has 1 aromatic rings. The summed E-state index contributed by atoms with van der Waals surface area (Å²) >= 11 is 0. The maximum Gasteiger partial charge on any atom is 0.416 e. The van der Waals surface area contributed by atoms with E-state index < -0.39 is 41.8 Å². The lowest BCUT2D eigenvalue weighted by molar-refractivity contribution is -0.138. The van der Waals surface area contributed by atoms with Gasteiger partial charge in [0.15, 0.2) is 0 Å². The lowest BCUT2D eigenvalue weighted by atomic mass is 9.90. The molecule has 6 nitrogen and oxygen atoms in total. The number of unbranched alkanes of at least 4 members (excludes halogenated alkanes) is 1. The number of aliphatic hydroxyl groups excluding tert-OH is 2. The van der Waals surface area contributed by atoms with Gasteiger partial charge in [0.25, 0.3) is 0 Å². The summed E-state index contributed by atoms with van der Waals surface area (Å²) in [5, 5.41) is 28.9. The molecule has 0 amide bonds. The molecule has 4 unspecified atom stereocenters. The number of carbonyl (C=O) groups is 2. The van der Waals surface area contributed by atoms with Crippen molar-refractivity contribution >= 4 is 11.8 Å². The van der Waals surface area contributed by atoms with Gasteiger partial charge in [-0.3, -0.25) is 9.59 Å². The predicted octanol–water partition coefficient (Wildman–Crippen LogP) is 3.77. The van der Waals surface area contributed by atoms with E-state index in [4.69, 9.17) is 9.84 Å². The van der Waals surface area contributed by atoms with Gasteiger partial charge in [-0.25, -0.2) is 0 Å². The number of ketones is 1. The quantitative estimate of drug-likeness (QED) is 0.346. The van der Waals surface area contributed by atoms with Crippen molar-refractivity contribution in [1.82, 2.24) is 0 Å². The number of aliphatic hydroxyl groups is 2. The molecule has 0 aliphatic heterocycles. The van der Waals surface area contributed by atoms with Crippen LogP contribution in [0.1, 0.15) is 37.7 Å². The first-order valence-electron chi connectivity index (χ1n) is 10.3. The number of carbonyl (C=O) groups excluding carboxylic acids is 1. The monoisotopic (exact) mass is 456 g/mol. The van der Waals surface area contributed by atoms with Crippen LogP contribution < -0.4 is 4.74 Å². The molecule has 0 aromatic heterocycles. The number of rotatable bonds is 11. The Labute approximate surface area is 184 Å². The highest BCUT2D eigenvalue weighted by Crippen LogP contribution is 2.34. The van der Waals surface area contributed by atoms with Gasteiger partial charge in [-0.05, 0) is 37.5 Å². The van der Waals surface area contributed by atoms with Gasteiger partial charge >= 0.3 is 12.1 Å². The Bertz CT molecular complexity index is 833. The van der Waals surface area contributed by atoms with Crippen LogP contribution >= 0.6 is 0 Å². The van der Waals surface area contributed by atoms with Gasteiger partial charge in [0, 0.05) is 24.7 Å². The van der Waals surface area contributed by atoms with Crippen LogP contribution in [0.5, 0.6) is 5.75 Å². The van der Waals surface area contributed by atoms with E-state index in [0.717, 1.165) is 12.1 Å². The highest BCUT2D eigenvalue weighted by molar-refractivity contribution is 5.84. The molecule has 0 radical (unpaired) electrons. The van der Waals surface area contributed by atoms with E-state index >= 15 is 0 Å². The molecular formula is C23H27F3O6. The zero-order chi connectivity index (χ0) is 23.7. The van der Waals surface area contributed by atoms with Crippen molar-refractivity contribution in [3.05, 3.63) is 54.1 Å². The van der Waals surface area contributed by atoms with Gasteiger partial charge in [-0.1, -0.05) is 30.4 Å². The fourth-order valence-electron chi connectivity index (χ4n) is 3.52. The first-order chi connectivity index (χ1) is 15.1. The van der Waals surface area contributed by atoms with Crippen LogP contribution in [0, 0.1) is 11.8 Å². The Balaban J connectivity index is 1.88. The number of allylic oxidation sites excluding steroid dienone is 2. The smallest absolute Gasteiger partial charge is 0.416 e. The molecule has 0 heterocycles. The molecule has 1 aliphatic rings. The van der Waals surface area contributed by atoms with E-state index in [1.165, 1.54) is 18.2 Å². The fraction of sp³-hybridized carbons (Fsp3) is 0.478. The zero-order valence-corrected chi connectivity index (χ0v) is 17.4. The number of carboxylic acids is 1. The number of hydrogen-bond acceptors (Lipinski definition) is 5. The first kappa shape index (κ1) is 25.6. The molecule has 1 aromatic carbocycles. The molecule has 3 N–H and O–H groups in total. The third-order valence-corrected chi connectivity index (χ3v) is 5.19. The molecule has 1 saturated carbocycles. The lowest BCUT2D eigenvalue weighted by Gasteiger charge is -2.17. The van der Waals surface area contributed by atoms with Crippen LogP contribution in [-0.4, -0.2) is 45.9 Å². The molecular weight excluding hydrogens is 429 g/mol. The Morgan fingerprint density at radius 1 is 1.28 bits per heavy atom. The first-order valence-corrected chi connectivity index (χ1v) is 10.3. The minimum Gasteiger partial charge on any atom is -0.491 e. The zero-order valence-electron chi connectivity index (χ0n) is 17.4. The molecule has 1 aliphatic carbocycles. The predicted molar refractivity (Wildman–Crippen MR) is 110 cm³/mol. The van der Waals surface area contributed by atoms with Crippen molar-refractivity contribution in [3.63, 3.8) is 0 Å². The third kappa shape index (κ3) is 8.12. The number of halogens is 3. The maximum atomic E-state index is 12.8. The van der Waals surface area contributed by atoms with Gasteiger partial charge in [0.05, 0.1) is 11.7 Å². The van der Waals surface area contributed by atoms with Crippen molar-refractivity contribution in [3.8, 4) is 5.75 Å². The van der Waals surface area contributed by atoms with E-state index in [2.05, 4.69) is 0 Å². The average molecular weight is 456 g/mol. The Morgan fingerprint density at radius 3 is 2.72 bits per heavy atom. The highest BCUT2D eigenvalue weighted by atomic mass is 19.4. The number of benzene rings is 1. The molecule has 32 heavy (non-hydrogen) atoms. The van der Waals surface area contributed by atoms with Crippen molar-refractivity contribution in [2.24, 2.45) is 11.8 Å². The maximum absolute atomic E-state index is 12.8. The van der Waals surface area contributed by atoms with Crippen molar-refractivity contribution in [2.45, 2.75) is 50.5 Å². The summed E-state index contributed by atoms with van der Waals surface area (Å²) in [5.74, 6) is -1.97. The van der Waals surface area contributed by atoms with Crippen molar-refractivity contribution in [1.29, 1.82) is 0 Å². The van der Waals surface area contributed by atoms with Gasteiger partial charge < -0.3 is 20.1 Å². The Hall–Kier alpha value is -2.65. The Morgan fingerprint density at radius 2 is 2.03 bits per heavy atom. The van der Waals surface area contributed by atoms with Gasteiger partial charge in [0.2, 0.25) is 0 Å². The van der Waals surface area contributed by atoms with Crippen molar-refractivity contribution in [2.75, 3.05) is 6.61 Å². The molecule has 0 spiro atoms. The van der Waals surface area contributed by atoms with E-state index in [0.29, 0.717) is 19.3 Å². The minimum absolute atomic E-state index is 0.00333. The highest BCUT2D eigenvalue weighted by Gasteiger charge is 2.39. The SMILES string of the molecule is O=C(O)CCCC=CCC1C(=O)CC(O)C1C=CC(O)COc1cccc(C(F)(F)F)c1. The summed E-state index contributed by atoms with van der Waals surface area (Å²) in [4.78, 5) is 22.7. The second-order valence-electron chi connectivity index (χ2n) is 7.70. The third-order valence-electron chi connectivity index (χ3n) is 5.19. The number of aliphatic carboxylic acids is 1. The van der Waals surface area contributed by atoms with E-state index in [-0.39, 0.29) is 31.0 Å². The van der Waals surface area contributed by atoms with Crippen LogP contribution in [0.4, 0.5) is 13.2 Å². The van der Waals surface area contributed by atoms with E-state index in [9.17, 15) is 33.0 Å². The molecule has 2 rings (SSSR count). The molecule has 0 bridgehead atoms. The number of Topliss-reactive ketones (excluding diaryl/α,β-unsaturated/α-hetero) is 1. The van der Waals surface area contributed by atoms with Crippen molar-refractivity contribution < 1.29 is 42.8 Å². The molecule has 0 saturated heterocycles. The second kappa shape index (κ2) is 11.8. The van der Waals surface area contributed by atoms with Crippen LogP contribution in [0.2, 0.25) is 0 Å². The summed E-state index contributed by atoms with van der Waals surface area (Å²) in [6.07, 6.45) is 1.49. The van der Waals surface area contributed by atoms with Gasteiger partial charge in [-0.2, -0.15) is 13.2 Å². The van der Waals surface area contributed by atoms with E-state index in [1.54, 1.807) is 18.2 Å². The standard InChI is InChI=1S/C23H27F3O6/c24-23(25,26)15-6-5-7-17(12-15)32-14-16(27)10-11-19-18(20(28)13-21(19)29)8-3-1-2-4-9-22(30)31/h1,3,5-7,10-12,16,18-19,21,27,29H,2,4,8-9,13-14H2,(H,30,31). The molecule has 176 valence electrons. The Kier molecular flexibility index (Phi) is 9.46. The topological polar surface area (TPSA) is 104 Å². The normalized spacial score (nSPS) is 22.7. The number of hydrogen-bond donors (Lipinski definition) is 3. The van der Waals surface area contributed by atoms with Gasteiger partial charge in [-0.15, -0.1) is 0 Å². The number of alkyl halides is 3. The van der Waals surface area contributed by atoms with Crippen LogP contribution in [-0.2, 0) is 15.8 Å². The summed E-state index contributed by atoms with van der Waals surface area (Å²) in [7, 11) is 0. The van der Waals surface area contributed by atoms with Gasteiger partial charge in [0.1, 0.15) is 24.2 Å².